The van der Waals surface area contributed by atoms with Gasteiger partial charge in [0.15, 0.2) is 0 Å². The van der Waals surface area contributed by atoms with E-state index in [1.807, 2.05) is 32.9 Å². The van der Waals surface area contributed by atoms with Crippen LogP contribution in [0.25, 0.3) is 0 Å². The summed E-state index contributed by atoms with van der Waals surface area (Å²) in [7, 11) is 1.69. The SMILES string of the molecule is COc1cccc(C2(N[S+]([O-])C(C)(C)C)CCCCC2)c1. The molecule has 0 heterocycles. The Balaban J connectivity index is 2.32. The maximum Gasteiger partial charge on any atom is 0.136 e. The van der Waals surface area contributed by atoms with Gasteiger partial charge in [-0.1, -0.05) is 31.4 Å². The predicted octanol–water partition coefficient (Wildman–Crippen LogP) is 3.91. The predicted molar refractivity (Wildman–Crippen MR) is 88.8 cm³/mol. The number of hydrogen-bond donors (Lipinski definition) is 1. The van der Waals surface area contributed by atoms with Crippen molar-refractivity contribution in [3.05, 3.63) is 29.8 Å². The van der Waals surface area contributed by atoms with E-state index >= 15 is 0 Å². The van der Waals surface area contributed by atoms with Gasteiger partial charge in [-0.25, -0.2) is 0 Å². The van der Waals surface area contributed by atoms with Crippen LogP contribution < -0.4 is 9.46 Å². The Labute approximate surface area is 131 Å². The number of nitrogens with one attached hydrogen (secondary N) is 1. The van der Waals surface area contributed by atoms with Crippen LogP contribution in [0.4, 0.5) is 0 Å². The second kappa shape index (κ2) is 6.59. The normalized spacial score (nSPS) is 20.0. The highest BCUT2D eigenvalue weighted by molar-refractivity contribution is 7.90. The molecule has 0 aromatic heterocycles. The van der Waals surface area contributed by atoms with Gasteiger partial charge in [0.05, 0.1) is 12.6 Å². The minimum Gasteiger partial charge on any atom is -0.598 e. The minimum atomic E-state index is -1.07. The number of rotatable bonds is 4. The molecule has 1 fully saturated rings. The van der Waals surface area contributed by atoms with Crippen LogP contribution in [0.5, 0.6) is 5.75 Å². The molecule has 0 aliphatic heterocycles. The molecule has 3 nitrogen and oxygen atoms in total. The largest absolute Gasteiger partial charge is 0.598 e. The molecule has 0 saturated heterocycles. The monoisotopic (exact) mass is 309 g/mol. The maximum atomic E-state index is 12.6. The summed E-state index contributed by atoms with van der Waals surface area (Å²) in [6, 6.07) is 8.19. The number of ether oxygens (including phenoxy) is 1. The van der Waals surface area contributed by atoms with E-state index in [4.69, 9.17) is 4.74 Å². The van der Waals surface area contributed by atoms with Crippen molar-refractivity contribution in [3.8, 4) is 5.75 Å². The average Bonchev–Trinajstić information content (AvgIpc) is 2.47. The van der Waals surface area contributed by atoms with Crippen LogP contribution in [0, 0.1) is 0 Å². The molecular formula is C17H27NO2S. The van der Waals surface area contributed by atoms with Crippen LogP contribution in [0.15, 0.2) is 24.3 Å². The van der Waals surface area contributed by atoms with Gasteiger partial charge in [0.25, 0.3) is 0 Å². The molecule has 1 aliphatic carbocycles. The Bertz CT molecular complexity index is 464. The lowest BCUT2D eigenvalue weighted by molar-refractivity contribution is 0.270. The molecule has 0 spiro atoms. The highest BCUT2D eigenvalue weighted by atomic mass is 32.2. The van der Waals surface area contributed by atoms with Gasteiger partial charge in [0.1, 0.15) is 10.5 Å². The smallest absolute Gasteiger partial charge is 0.136 e. The van der Waals surface area contributed by atoms with Crippen LogP contribution in [0.2, 0.25) is 0 Å². The molecule has 4 heteroatoms. The Morgan fingerprint density at radius 1 is 1.19 bits per heavy atom. The van der Waals surface area contributed by atoms with E-state index in [1.165, 1.54) is 24.8 Å². The zero-order valence-corrected chi connectivity index (χ0v) is 14.4. The zero-order valence-electron chi connectivity index (χ0n) is 13.6. The number of hydrogen-bond acceptors (Lipinski definition) is 3. The zero-order chi connectivity index (χ0) is 15.5. The van der Waals surface area contributed by atoms with E-state index in [-0.39, 0.29) is 10.3 Å². The highest BCUT2D eigenvalue weighted by Gasteiger charge is 2.41. The molecule has 0 amide bonds. The Morgan fingerprint density at radius 3 is 2.43 bits per heavy atom. The first-order valence-corrected chi connectivity index (χ1v) is 8.87. The first-order valence-electron chi connectivity index (χ1n) is 7.72. The van der Waals surface area contributed by atoms with E-state index in [9.17, 15) is 4.55 Å². The van der Waals surface area contributed by atoms with Gasteiger partial charge in [-0.2, -0.15) is 0 Å². The lowest BCUT2D eigenvalue weighted by Crippen LogP contribution is -2.52. The fraction of sp³-hybridized carbons (Fsp3) is 0.647. The molecule has 1 N–H and O–H groups in total. The lowest BCUT2D eigenvalue weighted by atomic mass is 9.77. The van der Waals surface area contributed by atoms with Crippen molar-refractivity contribution < 1.29 is 9.29 Å². The number of benzene rings is 1. The van der Waals surface area contributed by atoms with Crippen LogP contribution in [0.3, 0.4) is 0 Å². The first kappa shape index (κ1) is 16.7. The minimum absolute atomic E-state index is 0.190. The summed E-state index contributed by atoms with van der Waals surface area (Å²) in [5, 5.41) is 0. The molecule has 1 unspecified atom stereocenters. The van der Waals surface area contributed by atoms with E-state index in [0.29, 0.717) is 0 Å². The Morgan fingerprint density at radius 2 is 1.86 bits per heavy atom. The fourth-order valence-electron chi connectivity index (χ4n) is 2.86. The third-order valence-corrected chi connectivity index (χ3v) is 5.86. The summed E-state index contributed by atoms with van der Waals surface area (Å²) in [6.07, 6.45) is 5.66. The second-order valence-corrected chi connectivity index (χ2v) is 8.82. The van der Waals surface area contributed by atoms with Crippen molar-refractivity contribution in [1.82, 2.24) is 4.72 Å². The van der Waals surface area contributed by atoms with E-state index in [1.54, 1.807) is 7.11 Å². The second-order valence-electron chi connectivity index (χ2n) is 6.86. The van der Waals surface area contributed by atoms with Crippen molar-refractivity contribution in [2.24, 2.45) is 0 Å². The van der Waals surface area contributed by atoms with Gasteiger partial charge in [-0.05, 0) is 51.3 Å². The summed E-state index contributed by atoms with van der Waals surface area (Å²) in [4.78, 5) is 0. The van der Waals surface area contributed by atoms with Crippen LogP contribution in [-0.2, 0) is 16.9 Å². The van der Waals surface area contributed by atoms with Crippen molar-refractivity contribution in [3.63, 3.8) is 0 Å². The summed E-state index contributed by atoms with van der Waals surface area (Å²) in [5.74, 6) is 0.862. The molecule has 2 rings (SSSR count). The van der Waals surface area contributed by atoms with E-state index < -0.39 is 11.4 Å². The van der Waals surface area contributed by atoms with Crippen LogP contribution >= 0.6 is 0 Å². The van der Waals surface area contributed by atoms with Crippen molar-refractivity contribution in [2.75, 3.05) is 7.11 Å². The molecule has 1 aromatic rings. The molecule has 21 heavy (non-hydrogen) atoms. The van der Waals surface area contributed by atoms with Crippen LogP contribution in [0.1, 0.15) is 58.4 Å². The quantitative estimate of drug-likeness (QED) is 0.858. The molecule has 0 bridgehead atoms. The third kappa shape index (κ3) is 3.93. The molecule has 118 valence electrons. The summed E-state index contributed by atoms with van der Waals surface area (Å²) in [6.45, 7) is 6.04. The van der Waals surface area contributed by atoms with Crippen molar-refractivity contribution in [2.45, 2.75) is 63.2 Å². The maximum absolute atomic E-state index is 12.6. The van der Waals surface area contributed by atoms with Gasteiger partial charge in [-0.3, -0.25) is 0 Å². The average molecular weight is 309 g/mol. The molecule has 1 aromatic carbocycles. The standard InChI is InChI=1S/C17H27NO2S/c1-16(2,3)21(19)18-17(11-6-5-7-12-17)14-9-8-10-15(13-14)20-4/h8-10,13,18H,5-7,11-12H2,1-4H3. The van der Waals surface area contributed by atoms with Gasteiger partial charge >= 0.3 is 0 Å². The van der Waals surface area contributed by atoms with E-state index in [0.717, 1.165) is 18.6 Å². The third-order valence-electron chi connectivity index (χ3n) is 4.17. The van der Waals surface area contributed by atoms with E-state index in [2.05, 4.69) is 16.9 Å². The van der Waals surface area contributed by atoms with Crippen LogP contribution in [-0.4, -0.2) is 16.4 Å². The molecule has 0 radical (unpaired) electrons. The molecule has 1 saturated carbocycles. The fourth-order valence-corrected chi connectivity index (χ4v) is 3.84. The van der Waals surface area contributed by atoms with Crippen molar-refractivity contribution >= 4 is 11.4 Å². The highest BCUT2D eigenvalue weighted by Crippen LogP contribution is 2.39. The lowest BCUT2D eigenvalue weighted by Gasteiger charge is -2.40. The van der Waals surface area contributed by atoms with Gasteiger partial charge in [0.2, 0.25) is 0 Å². The Hall–Kier alpha value is -0.710. The van der Waals surface area contributed by atoms with Gasteiger partial charge in [0, 0.05) is 11.4 Å². The number of methoxy groups -OCH3 is 1. The summed E-state index contributed by atoms with van der Waals surface area (Å²) < 4.78 is 21.2. The first-order chi connectivity index (χ1) is 9.87. The van der Waals surface area contributed by atoms with Crippen molar-refractivity contribution in [1.29, 1.82) is 0 Å². The molecule has 1 atom stereocenters. The summed E-state index contributed by atoms with van der Waals surface area (Å²) >= 11 is -1.07. The topological polar surface area (TPSA) is 44.3 Å². The molecular weight excluding hydrogens is 282 g/mol. The molecule has 1 aliphatic rings. The van der Waals surface area contributed by atoms with Gasteiger partial charge in [-0.15, -0.1) is 4.72 Å². The van der Waals surface area contributed by atoms with Gasteiger partial charge < -0.3 is 9.29 Å². The Kier molecular flexibility index (Phi) is 5.23. The summed E-state index contributed by atoms with van der Waals surface area (Å²) in [5.41, 5.74) is 1.00.